The van der Waals surface area contributed by atoms with E-state index in [-0.39, 0.29) is 23.7 Å². The summed E-state index contributed by atoms with van der Waals surface area (Å²) in [5.41, 5.74) is -4.87. The van der Waals surface area contributed by atoms with Crippen molar-refractivity contribution in [3.8, 4) is 5.75 Å². The van der Waals surface area contributed by atoms with Gasteiger partial charge in [0.25, 0.3) is 10.0 Å². The number of likely N-dealkylation sites (N-methyl/N-ethyl adjacent to an activating group) is 1. The first-order valence-electron chi connectivity index (χ1n) is 8.72. The lowest BCUT2D eigenvalue weighted by atomic mass is 10.2. The van der Waals surface area contributed by atoms with Crippen LogP contribution >= 0.6 is 0 Å². The number of hydrogen-bond donors (Lipinski definition) is 0. The molecule has 3 rings (SSSR count). The third kappa shape index (κ3) is 4.12. The Morgan fingerprint density at radius 1 is 1.06 bits per heavy atom. The van der Waals surface area contributed by atoms with Crippen molar-refractivity contribution < 1.29 is 39.0 Å². The molecule has 0 saturated carbocycles. The Morgan fingerprint density at radius 3 is 2.26 bits per heavy atom. The van der Waals surface area contributed by atoms with E-state index in [2.05, 4.69) is 10.2 Å². The lowest BCUT2D eigenvalue weighted by Crippen LogP contribution is -2.49. The van der Waals surface area contributed by atoms with E-state index in [9.17, 15) is 34.8 Å². The van der Waals surface area contributed by atoms with Crippen LogP contribution in [0.25, 0.3) is 0 Å². The highest BCUT2D eigenvalue weighted by molar-refractivity contribution is 7.89. The molecule has 0 aromatic heterocycles. The van der Waals surface area contributed by atoms with Crippen molar-refractivity contribution in [1.82, 2.24) is 8.79 Å². The molecule has 168 valence electrons. The molecular weight excluding hydrogens is 461 g/mol. The lowest BCUT2D eigenvalue weighted by Gasteiger charge is -2.29. The normalized spacial score (nSPS) is 20.2. The molecule has 8 nitrogen and oxygen atoms in total. The van der Waals surface area contributed by atoms with Crippen molar-refractivity contribution in [3.63, 3.8) is 0 Å². The fourth-order valence-corrected chi connectivity index (χ4v) is 4.82. The number of urea groups is 1. The first-order chi connectivity index (χ1) is 14.2. The van der Waals surface area contributed by atoms with Crippen LogP contribution in [-0.4, -0.2) is 52.8 Å². The summed E-state index contributed by atoms with van der Waals surface area (Å²) in [6.07, 6.45) is 0. The highest BCUT2D eigenvalue weighted by atomic mass is 32.2. The molecule has 2 amide bonds. The van der Waals surface area contributed by atoms with Gasteiger partial charge in [0.05, 0.1) is 18.5 Å². The van der Waals surface area contributed by atoms with Crippen molar-refractivity contribution in [2.45, 2.75) is 17.3 Å². The maximum Gasteiger partial charge on any atom is 0.534 e. The second-order valence-corrected chi connectivity index (χ2v) is 10.4. The highest BCUT2D eigenvalue weighted by Gasteiger charge is 2.50. The van der Waals surface area contributed by atoms with Gasteiger partial charge in [-0.2, -0.15) is 32.0 Å². The molecular formula is C18H17F3N2O6S2. The van der Waals surface area contributed by atoms with Crippen LogP contribution in [0.3, 0.4) is 0 Å². The largest absolute Gasteiger partial charge is 0.534 e. The predicted molar refractivity (Wildman–Crippen MR) is 104 cm³/mol. The minimum Gasteiger partial charge on any atom is -0.403 e. The molecule has 0 N–H and O–H groups in total. The average molecular weight is 478 g/mol. The zero-order valence-electron chi connectivity index (χ0n) is 16.2. The monoisotopic (exact) mass is 478 g/mol. The quantitative estimate of drug-likeness (QED) is 0.284. The maximum atomic E-state index is 13.0. The zero-order valence-corrected chi connectivity index (χ0v) is 17.9. The van der Waals surface area contributed by atoms with Crippen LogP contribution in [0.5, 0.6) is 5.75 Å². The van der Waals surface area contributed by atoms with E-state index in [1.165, 1.54) is 31.3 Å². The van der Waals surface area contributed by atoms with Crippen molar-refractivity contribution in [1.29, 1.82) is 0 Å². The number of halogens is 3. The molecule has 1 atom stereocenters. The summed E-state index contributed by atoms with van der Waals surface area (Å²) in [6.45, 7) is 1.54. The summed E-state index contributed by atoms with van der Waals surface area (Å²) in [6, 6.07) is 10.8. The van der Waals surface area contributed by atoms with Gasteiger partial charge < -0.3 is 4.18 Å². The van der Waals surface area contributed by atoms with Gasteiger partial charge in [-0.1, -0.05) is 23.8 Å². The van der Waals surface area contributed by atoms with Crippen molar-refractivity contribution in [2.75, 3.05) is 20.1 Å². The number of aryl methyl sites for hydroxylation is 1. The van der Waals surface area contributed by atoms with Crippen molar-refractivity contribution in [2.24, 2.45) is 0 Å². The Kier molecular flexibility index (Phi) is 5.57. The fourth-order valence-electron chi connectivity index (χ4n) is 2.95. The minimum atomic E-state index is -5.93. The number of nitrogens with zero attached hydrogens (tertiary/aromatic N) is 2. The molecule has 0 aliphatic carbocycles. The smallest absolute Gasteiger partial charge is 0.403 e. The average Bonchev–Trinajstić information content (AvgIpc) is 2.98. The Hall–Kier alpha value is -2.64. The van der Waals surface area contributed by atoms with E-state index in [0.29, 0.717) is 4.31 Å². The third-order valence-corrected chi connectivity index (χ3v) is 7.52. The maximum absolute atomic E-state index is 13.0. The van der Waals surface area contributed by atoms with Gasteiger partial charge in [-0.3, -0.25) is 0 Å². The molecule has 1 fully saturated rings. The number of rotatable bonds is 5. The van der Waals surface area contributed by atoms with E-state index >= 15 is 0 Å². The van der Waals surface area contributed by atoms with Crippen LogP contribution in [-0.2, 0) is 20.1 Å². The van der Waals surface area contributed by atoms with Gasteiger partial charge in [-0.15, -0.1) is 12.1 Å². The molecule has 0 bridgehead atoms. The minimum absolute atomic E-state index is 0.0457. The number of carbonyl (C=O) groups excluding carboxylic acids is 1. The summed E-state index contributed by atoms with van der Waals surface area (Å²) in [7, 11) is -8.74. The number of quaternary nitrogens is 1. The van der Waals surface area contributed by atoms with Crippen LogP contribution in [0.2, 0.25) is 0 Å². The zero-order chi connectivity index (χ0) is 23.2. The second-order valence-electron chi connectivity index (χ2n) is 6.97. The first-order valence-corrected chi connectivity index (χ1v) is 11.6. The molecule has 0 spiro atoms. The van der Waals surface area contributed by atoms with Crippen LogP contribution in [0.15, 0.2) is 47.4 Å². The molecule has 1 unspecified atom stereocenters. The summed E-state index contributed by atoms with van der Waals surface area (Å²) in [5.74, 6) is -0.776. The van der Waals surface area contributed by atoms with Gasteiger partial charge >= 0.3 is 21.7 Å². The Bertz CT molecular complexity index is 1230. The van der Waals surface area contributed by atoms with Gasteiger partial charge in [0, 0.05) is 11.4 Å². The predicted octanol–water partition coefficient (Wildman–Crippen LogP) is 2.79. The number of amides is 2. The summed E-state index contributed by atoms with van der Waals surface area (Å²) < 4.78 is 90.0. The molecule has 1 aliphatic heterocycles. The number of sulfonamides is 1. The summed E-state index contributed by atoms with van der Waals surface area (Å²) in [4.78, 5) is 12.9. The molecule has 0 radical (unpaired) electrons. The van der Waals surface area contributed by atoms with Crippen LogP contribution < -0.4 is 8.67 Å². The number of benzene rings is 2. The van der Waals surface area contributed by atoms with E-state index in [1.54, 1.807) is 19.1 Å². The topological polar surface area (TPSA) is 97.8 Å². The van der Waals surface area contributed by atoms with E-state index in [4.69, 9.17) is 0 Å². The Balaban J connectivity index is 1.93. The first kappa shape index (κ1) is 23.0. The standard InChI is InChI=1S/C18H17F3N2O6S2/c1-13-6-8-16(9-7-13)30(25,26)22-10-11-23(2,17(22)24)14-4-3-5-15(12-14)29-31(27,28)18(19,20)21/h3-9H,10-11H2,1-2H3. The molecule has 1 heterocycles. The number of carbonyl (C=O) groups is 1. The van der Waals surface area contributed by atoms with Gasteiger partial charge in [-0.05, 0) is 19.1 Å². The van der Waals surface area contributed by atoms with Crippen molar-refractivity contribution >= 4 is 31.9 Å². The third-order valence-electron chi connectivity index (χ3n) is 4.76. The van der Waals surface area contributed by atoms with Crippen LogP contribution in [0.4, 0.5) is 23.7 Å². The molecule has 2 aromatic rings. The molecule has 31 heavy (non-hydrogen) atoms. The van der Waals surface area contributed by atoms with E-state index in [1.807, 2.05) is 0 Å². The molecule has 1 saturated heterocycles. The van der Waals surface area contributed by atoms with Gasteiger partial charge in [-0.25, -0.2) is 17.7 Å². The van der Waals surface area contributed by atoms with Crippen molar-refractivity contribution in [3.05, 3.63) is 54.1 Å². The lowest BCUT2D eigenvalue weighted by molar-refractivity contribution is -0.0500. The Morgan fingerprint density at radius 2 is 1.68 bits per heavy atom. The molecule has 13 heteroatoms. The van der Waals surface area contributed by atoms with Gasteiger partial charge in [0.1, 0.15) is 6.54 Å². The van der Waals surface area contributed by atoms with Crippen LogP contribution in [0, 0.1) is 13.0 Å². The fraction of sp³-hybridized carbons (Fsp3) is 0.278. The number of alkyl halides is 3. The van der Waals surface area contributed by atoms with Crippen LogP contribution in [0.1, 0.15) is 5.56 Å². The van der Waals surface area contributed by atoms with E-state index < -0.39 is 41.9 Å². The highest BCUT2D eigenvalue weighted by Crippen LogP contribution is 2.34. The molecule has 2 aromatic carbocycles. The van der Waals surface area contributed by atoms with Gasteiger partial charge in [0.2, 0.25) is 0 Å². The van der Waals surface area contributed by atoms with Gasteiger partial charge in [0.15, 0.2) is 0 Å². The summed E-state index contributed by atoms with van der Waals surface area (Å²) >= 11 is 0. The van der Waals surface area contributed by atoms with E-state index in [0.717, 1.165) is 11.6 Å². The number of hydrogen-bond acceptors (Lipinski definition) is 6. The Labute approximate surface area is 177 Å². The molecule has 1 aliphatic rings. The SMILES string of the molecule is Cc1ccc(S(=O)(=O)N2CC[N+](C)(c3[c-]c(OS(=O)(=O)C(F)(F)F)ccc3)C2=O)cc1. The second kappa shape index (κ2) is 7.50. The summed E-state index contributed by atoms with van der Waals surface area (Å²) in [5, 5.41) is 0.